The van der Waals surface area contributed by atoms with Crippen LogP contribution < -0.4 is 0 Å². The number of benzene rings is 1. The second-order valence-corrected chi connectivity index (χ2v) is 6.07. The topological polar surface area (TPSA) is 55.9 Å². The van der Waals surface area contributed by atoms with Gasteiger partial charge in [-0.15, -0.1) is 4.73 Å². The summed E-state index contributed by atoms with van der Waals surface area (Å²) in [4.78, 5) is 4.43. The molecule has 5 nitrogen and oxygen atoms in total. The molecule has 1 aromatic carbocycles. The summed E-state index contributed by atoms with van der Waals surface area (Å²) in [5, 5.41) is 14.8. The minimum atomic E-state index is -0.0400. The molecule has 3 rings (SSSR count). The van der Waals surface area contributed by atoms with Crippen molar-refractivity contribution in [3.63, 3.8) is 0 Å². The Bertz CT molecular complexity index is 777. The van der Waals surface area contributed by atoms with Gasteiger partial charge in [0, 0.05) is 11.6 Å². The summed E-state index contributed by atoms with van der Waals surface area (Å²) < 4.78 is 2.71. The summed E-state index contributed by atoms with van der Waals surface area (Å²) in [7, 11) is 0. The Morgan fingerprint density at radius 2 is 1.85 bits per heavy atom. The largest absolute Gasteiger partial charge is 0.425 e. The Balaban J connectivity index is 2.19. The summed E-state index contributed by atoms with van der Waals surface area (Å²) in [5.41, 5.74) is 3.47. The molecule has 0 fully saturated rings. The zero-order valence-corrected chi connectivity index (χ0v) is 12.1. The van der Waals surface area contributed by atoms with Crippen molar-refractivity contribution in [1.29, 1.82) is 0 Å². The number of hydrogen-bond acceptors (Lipinski definition) is 3. The van der Waals surface area contributed by atoms with Crippen molar-refractivity contribution >= 4 is 11.0 Å². The minimum Gasteiger partial charge on any atom is -0.425 e. The number of fused-ring (bicyclic) bond motifs is 1. The lowest BCUT2D eigenvalue weighted by Gasteiger charge is -2.15. The van der Waals surface area contributed by atoms with E-state index in [4.69, 9.17) is 0 Å². The number of nitrogens with zero attached hydrogens (tertiary/aromatic N) is 4. The van der Waals surface area contributed by atoms with Gasteiger partial charge in [-0.2, -0.15) is 5.10 Å². The zero-order valence-electron chi connectivity index (χ0n) is 12.1. The van der Waals surface area contributed by atoms with Gasteiger partial charge < -0.3 is 5.21 Å². The van der Waals surface area contributed by atoms with Gasteiger partial charge in [0.05, 0.1) is 11.2 Å². The van der Waals surface area contributed by atoms with Crippen molar-refractivity contribution in [2.45, 2.75) is 33.1 Å². The summed E-state index contributed by atoms with van der Waals surface area (Å²) in [5.74, 6) is 0.407. The first kappa shape index (κ1) is 12.7. The van der Waals surface area contributed by atoms with Crippen molar-refractivity contribution in [3.05, 3.63) is 41.7 Å². The van der Waals surface area contributed by atoms with E-state index in [0.29, 0.717) is 11.5 Å². The van der Waals surface area contributed by atoms with Crippen LogP contribution >= 0.6 is 0 Å². The number of imidazole rings is 1. The minimum absolute atomic E-state index is 0.0400. The Morgan fingerprint density at radius 3 is 2.45 bits per heavy atom. The highest BCUT2D eigenvalue weighted by atomic mass is 16.5. The van der Waals surface area contributed by atoms with Gasteiger partial charge >= 0.3 is 0 Å². The van der Waals surface area contributed by atoms with E-state index in [1.54, 1.807) is 4.68 Å². The molecule has 0 radical (unpaired) electrons. The van der Waals surface area contributed by atoms with Crippen LogP contribution in [0.3, 0.4) is 0 Å². The molecule has 20 heavy (non-hydrogen) atoms. The molecular weight excluding hydrogens is 252 g/mol. The first-order chi connectivity index (χ1) is 9.38. The molecule has 0 atom stereocenters. The molecular formula is C15H18N4O. The van der Waals surface area contributed by atoms with Gasteiger partial charge in [-0.05, 0) is 24.6 Å². The number of aryl methyl sites for hydroxylation is 1. The Kier molecular flexibility index (Phi) is 2.61. The second kappa shape index (κ2) is 4.10. The molecule has 0 spiro atoms. The van der Waals surface area contributed by atoms with Crippen LogP contribution in [0, 0.1) is 6.92 Å². The van der Waals surface area contributed by atoms with E-state index in [1.807, 2.05) is 37.4 Å². The van der Waals surface area contributed by atoms with Crippen molar-refractivity contribution in [1.82, 2.24) is 19.5 Å². The standard InChI is InChI=1S/C15H18N4O/c1-10-9-18(17-13(10)15(2,3)4)14-16-11-7-5-6-8-12(11)19(14)20/h5-9,20H,1-4H3. The average Bonchev–Trinajstić information content (AvgIpc) is 2.91. The van der Waals surface area contributed by atoms with Crippen LogP contribution in [0.5, 0.6) is 0 Å². The van der Waals surface area contributed by atoms with Gasteiger partial charge in [0.25, 0.3) is 5.95 Å². The van der Waals surface area contributed by atoms with E-state index in [-0.39, 0.29) is 5.41 Å². The monoisotopic (exact) mass is 270 g/mol. The van der Waals surface area contributed by atoms with Crippen LogP contribution in [0.1, 0.15) is 32.0 Å². The molecule has 104 valence electrons. The fraction of sp³-hybridized carbons (Fsp3) is 0.333. The number of aromatic nitrogens is 4. The van der Waals surface area contributed by atoms with E-state index >= 15 is 0 Å². The average molecular weight is 270 g/mol. The molecule has 0 amide bonds. The summed E-state index contributed by atoms with van der Waals surface area (Å²) in [6, 6.07) is 7.46. The Labute approximate surface area is 117 Å². The lowest BCUT2D eigenvalue weighted by molar-refractivity contribution is 0.194. The molecule has 2 aromatic heterocycles. The third kappa shape index (κ3) is 1.86. The SMILES string of the molecule is Cc1cn(-c2nc3ccccc3n2O)nc1C(C)(C)C. The predicted octanol–water partition coefficient (Wildman–Crippen LogP) is 3.07. The van der Waals surface area contributed by atoms with Gasteiger partial charge in [-0.1, -0.05) is 32.9 Å². The second-order valence-electron chi connectivity index (χ2n) is 6.07. The number of rotatable bonds is 1. The Hall–Kier alpha value is -2.30. The van der Waals surface area contributed by atoms with Crippen LogP contribution in [0.15, 0.2) is 30.5 Å². The quantitative estimate of drug-likeness (QED) is 0.691. The summed E-state index contributed by atoms with van der Waals surface area (Å²) >= 11 is 0. The van der Waals surface area contributed by atoms with Gasteiger partial charge in [-0.25, -0.2) is 9.67 Å². The molecule has 2 heterocycles. The molecule has 0 saturated heterocycles. The highest BCUT2D eigenvalue weighted by Crippen LogP contribution is 2.25. The van der Waals surface area contributed by atoms with Gasteiger partial charge in [0.1, 0.15) is 5.52 Å². The summed E-state index contributed by atoms with van der Waals surface area (Å²) in [6.07, 6.45) is 1.90. The van der Waals surface area contributed by atoms with Gasteiger partial charge in [-0.3, -0.25) is 0 Å². The predicted molar refractivity (Wildman–Crippen MR) is 77.5 cm³/mol. The number of hydrogen-bond donors (Lipinski definition) is 1. The first-order valence-corrected chi connectivity index (χ1v) is 6.62. The molecule has 0 aliphatic rings. The highest BCUT2D eigenvalue weighted by Gasteiger charge is 2.22. The van der Waals surface area contributed by atoms with Crippen molar-refractivity contribution in [3.8, 4) is 5.95 Å². The fourth-order valence-corrected chi connectivity index (χ4v) is 2.45. The fourth-order valence-electron chi connectivity index (χ4n) is 2.45. The van der Waals surface area contributed by atoms with E-state index < -0.39 is 0 Å². The third-order valence-electron chi connectivity index (χ3n) is 3.33. The Morgan fingerprint density at radius 1 is 1.15 bits per heavy atom. The third-order valence-corrected chi connectivity index (χ3v) is 3.33. The van der Waals surface area contributed by atoms with E-state index in [1.165, 1.54) is 0 Å². The molecule has 0 aliphatic carbocycles. The molecule has 0 unspecified atom stereocenters. The van der Waals surface area contributed by atoms with E-state index in [0.717, 1.165) is 21.5 Å². The highest BCUT2D eigenvalue weighted by molar-refractivity contribution is 5.76. The van der Waals surface area contributed by atoms with Gasteiger partial charge in [0.2, 0.25) is 0 Å². The lowest BCUT2D eigenvalue weighted by atomic mass is 9.90. The molecule has 5 heteroatoms. The first-order valence-electron chi connectivity index (χ1n) is 6.62. The molecule has 3 aromatic rings. The smallest absolute Gasteiger partial charge is 0.265 e. The molecule has 0 bridgehead atoms. The van der Waals surface area contributed by atoms with E-state index in [2.05, 4.69) is 30.9 Å². The van der Waals surface area contributed by atoms with Crippen molar-refractivity contribution < 1.29 is 5.21 Å². The van der Waals surface area contributed by atoms with Crippen LogP contribution in [0.25, 0.3) is 17.0 Å². The van der Waals surface area contributed by atoms with E-state index in [9.17, 15) is 5.21 Å². The van der Waals surface area contributed by atoms with Crippen molar-refractivity contribution in [2.24, 2.45) is 0 Å². The lowest BCUT2D eigenvalue weighted by Crippen LogP contribution is -2.14. The molecule has 1 N–H and O–H groups in total. The molecule has 0 saturated carbocycles. The zero-order chi connectivity index (χ0) is 14.5. The number of para-hydroxylation sites is 2. The van der Waals surface area contributed by atoms with Crippen LogP contribution in [0.2, 0.25) is 0 Å². The maximum absolute atomic E-state index is 10.2. The van der Waals surface area contributed by atoms with Gasteiger partial charge in [0.15, 0.2) is 0 Å². The van der Waals surface area contributed by atoms with Crippen LogP contribution in [-0.4, -0.2) is 24.7 Å². The van der Waals surface area contributed by atoms with Crippen molar-refractivity contribution in [2.75, 3.05) is 0 Å². The normalized spacial score (nSPS) is 12.2. The van der Waals surface area contributed by atoms with Crippen LogP contribution in [0.4, 0.5) is 0 Å². The molecule has 0 aliphatic heterocycles. The maximum atomic E-state index is 10.2. The summed E-state index contributed by atoms with van der Waals surface area (Å²) in [6.45, 7) is 8.38. The van der Waals surface area contributed by atoms with Crippen LogP contribution in [-0.2, 0) is 5.41 Å². The maximum Gasteiger partial charge on any atom is 0.265 e.